The summed E-state index contributed by atoms with van der Waals surface area (Å²) in [6, 6.07) is 14.1. The highest BCUT2D eigenvalue weighted by Gasteiger charge is 2.26. The van der Waals surface area contributed by atoms with Crippen molar-refractivity contribution in [1.82, 2.24) is 24.1 Å². The van der Waals surface area contributed by atoms with E-state index in [0.717, 1.165) is 55.4 Å². The first-order valence-electron chi connectivity index (χ1n) is 9.87. The summed E-state index contributed by atoms with van der Waals surface area (Å²) in [5.41, 5.74) is 4.48. The lowest BCUT2D eigenvalue weighted by Crippen LogP contribution is -2.48. The van der Waals surface area contributed by atoms with E-state index in [1.807, 2.05) is 53.0 Å². The van der Waals surface area contributed by atoms with Crippen LogP contribution in [-0.4, -0.2) is 62.8 Å². The molecule has 2 aromatic heterocycles. The number of hydrogen-bond donors (Lipinski definition) is 0. The van der Waals surface area contributed by atoms with Gasteiger partial charge in [0.15, 0.2) is 0 Å². The Kier molecular flexibility index (Phi) is 5.05. The van der Waals surface area contributed by atoms with Crippen LogP contribution >= 0.6 is 0 Å². The number of likely N-dealkylation sites (N-methyl/N-ethyl adjacent to an activating group) is 1. The monoisotopic (exact) mass is 377 g/mol. The maximum atomic E-state index is 13.4. The zero-order valence-electron chi connectivity index (χ0n) is 16.8. The van der Waals surface area contributed by atoms with Crippen molar-refractivity contribution in [3.8, 4) is 17.1 Å². The Morgan fingerprint density at radius 1 is 1.07 bits per heavy atom. The second-order valence-corrected chi connectivity index (χ2v) is 7.40. The number of rotatable bonds is 4. The van der Waals surface area contributed by atoms with E-state index in [-0.39, 0.29) is 5.91 Å². The van der Waals surface area contributed by atoms with Gasteiger partial charge in [0.1, 0.15) is 11.4 Å². The quantitative estimate of drug-likeness (QED) is 0.702. The first kappa shape index (κ1) is 18.5. The summed E-state index contributed by atoms with van der Waals surface area (Å²) < 4.78 is 3.82. The van der Waals surface area contributed by atoms with Gasteiger partial charge in [-0.05, 0) is 49.4 Å². The zero-order chi connectivity index (χ0) is 19.7. The van der Waals surface area contributed by atoms with Crippen LogP contribution in [0, 0.1) is 6.92 Å². The molecule has 0 saturated carbocycles. The lowest BCUT2D eigenvalue weighted by molar-refractivity contribution is 0.0634. The van der Waals surface area contributed by atoms with Gasteiger partial charge in [0.2, 0.25) is 0 Å². The van der Waals surface area contributed by atoms with Gasteiger partial charge in [0.05, 0.1) is 11.4 Å². The topological polar surface area (TPSA) is 46.3 Å². The Bertz CT molecular complexity index is 978. The number of benzene rings is 1. The fourth-order valence-corrected chi connectivity index (χ4v) is 3.77. The van der Waals surface area contributed by atoms with Crippen LogP contribution in [0.15, 0.2) is 48.7 Å². The summed E-state index contributed by atoms with van der Waals surface area (Å²) in [6.45, 7) is 8.60. The largest absolute Gasteiger partial charge is 0.349 e. The van der Waals surface area contributed by atoms with Crippen LogP contribution in [0.25, 0.3) is 17.1 Å². The van der Waals surface area contributed by atoms with E-state index in [0.29, 0.717) is 5.69 Å². The Morgan fingerprint density at radius 3 is 2.50 bits per heavy atom. The van der Waals surface area contributed by atoms with Crippen LogP contribution in [0.4, 0.5) is 0 Å². The number of nitrogens with zero attached hydrogens (tertiary/aromatic N) is 5. The molecule has 3 aromatic rings. The van der Waals surface area contributed by atoms with Gasteiger partial charge in [-0.1, -0.05) is 19.1 Å². The molecule has 28 heavy (non-hydrogen) atoms. The van der Waals surface area contributed by atoms with Crippen LogP contribution in [0.1, 0.15) is 23.0 Å². The number of amides is 1. The molecule has 0 spiro atoms. The van der Waals surface area contributed by atoms with Gasteiger partial charge < -0.3 is 14.4 Å². The number of piperazine rings is 1. The first-order valence-corrected chi connectivity index (χ1v) is 9.87. The van der Waals surface area contributed by atoms with Crippen molar-refractivity contribution in [2.75, 3.05) is 32.7 Å². The van der Waals surface area contributed by atoms with Crippen molar-refractivity contribution >= 4 is 5.91 Å². The Balaban J connectivity index is 1.73. The van der Waals surface area contributed by atoms with E-state index in [9.17, 15) is 4.79 Å². The Labute approximate surface area is 166 Å². The molecule has 1 aromatic carbocycles. The van der Waals surface area contributed by atoms with Crippen LogP contribution in [0.2, 0.25) is 0 Å². The lowest BCUT2D eigenvalue weighted by Gasteiger charge is -2.34. The van der Waals surface area contributed by atoms with E-state index in [1.54, 1.807) is 4.68 Å². The first-order chi connectivity index (χ1) is 13.6. The Morgan fingerprint density at radius 2 is 1.86 bits per heavy atom. The minimum Gasteiger partial charge on any atom is -0.349 e. The van der Waals surface area contributed by atoms with E-state index in [4.69, 9.17) is 5.10 Å². The number of aromatic nitrogens is 3. The van der Waals surface area contributed by atoms with Crippen LogP contribution in [0.3, 0.4) is 0 Å². The van der Waals surface area contributed by atoms with Gasteiger partial charge >= 0.3 is 0 Å². The predicted octanol–water partition coefficient (Wildman–Crippen LogP) is 2.96. The molecule has 0 aliphatic carbocycles. The standard InChI is InChI=1S/C22H27N5O/c1-4-25-11-13-26(14-12-25)22(28)21-16-19(20-9-6-10-24(20)3)23-27(21)18-8-5-7-17(2)15-18/h5-10,15-16H,4,11-14H2,1-3H3. The molecule has 4 rings (SSSR count). The Hall–Kier alpha value is -2.86. The van der Waals surface area contributed by atoms with E-state index >= 15 is 0 Å². The highest BCUT2D eigenvalue weighted by atomic mass is 16.2. The predicted molar refractivity (Wildman–Crippen MR) is 111 cm³/mol. The minimum absolute atomic E-state index is 0.0465. The molecule has 0 atom stereocenters. The fraction of sp³-hybridized carbons (Fsp3) is 0.364. The third-order valence-corrected chi connectivity index (χ3v) is 5.49. The minimum atomic E-state index is 0.0465. The van der Waals surface area contributed by atoms with E-state index in [1.165, 1.54) is 0 Å². The van der Waals surface area contributed by atoms with Crippen molar-refractivity contribution in [3.05, 3.63) is 59.9 Å². The summed E-state index contributed by atoms with van der Waals surface area (Å²) in [5, 5.41) is 4.81. The molecule has 1 amide bonds. The lowest BCUT2D eigenvalue weighted by atomic mass is 10.2. The van der Waals surface area contributed by atoms with Gasteiger partial charge in [-0.3, -0.25) is 4.79 Å². The van der Waals surface area contributed by atoms with Crippen molar-refractivity contribution in [1.29, 1.82) is 0 Å². The zero-order valence-corrected chi connectivity index (χ0v) is 16.8. The summed E-state index contributed by atoms with van der Waals surface area (Å²) in [7, 11) is 1.99. The highest BCUT2D eigenvalue weighted by molar-refractivity contribution is 5.94. The SMILES string of the molecule is CCN1CCN(C(=O)c2cc(-c3cccn3C)nn2-c2cccc(C)c2)CC1. The van der Waals surface area contributed by atoms with Crippen LogP contribution < -0.4 is 0 Å². The van der Waals surface area contributed by atoms with Crippen molar-refractivity contribution < 1.29 is 4.79 Å². The van der Waals surface area contributed by atoms with Gasteiger partial charge in [-0.2, -0.15) is 5.10 Å². The molecule has 146 valence electrons. The summed E-state index contributed by atoms with van der Waals surface area (Å²) in [4.78, 5) is 17.7. The number of hydrogen-bond acceptors (Lipinski definition) is 3. The van der Waals surface area contributed by atoms with Crippen molar-refractivity contribution in [2.45, 2.75) is 13.8 Å². The van der Waals surface area contributed by atoms with Gasteiger partial charge in [0.25, 0.3) is 5.91 Å². The number of carbonyl (C=O) groups excluding carboxylic acids is 1. The molecule has 6 nitrogen and oxygen atoms in total. The third-order valence-electron chi connectivity index (χ3n) is 5.49. The number of carbonyl (C=O) groups is 1. The van der Waals surface area contributed by atoms with Gasteiger partial charge in [-0.25, -0.2) is 4.68 Å². The average molecular weight is 377 g/mol. The smallest absolute Gasteiger partial charge is 0.272 e. The molecule has 0 N–H and O–H groups in total. The second-order valence-electron chi connectivity index (χ2n) is 7.40. The highest BCUT2D eigenvalue weighted by Crippen LogP contribution is 2.23. The summed E-state index contributed by atoms with van der Waals surface area (Å²) >= 11 is 0. The molecule has 3 heterocycles. The molecule has 0 bridgehead atoms. The third kappa shape index (κ3) is 3.47. The molecular weight excluding hydrogens is 350 g/mol. The van der Waals surface area contributed by atoms with Crippen molar-refractivity contribution in [2.24, 2.45) is 7.05 Å². The van der Waals surface area contributed by atoms with Crippen molar-refractivity contribution in [3.63, 3.8) is 0 Å². The molecule has 6 heteroatoms. The molecular formula is C22H27N5O. The normalized spacial score (nSPS) is 15.2. The molecule has 1 fully saturated rings. The molecule has 1 saturated heterocycles. The van der Waals surface area contributed by atoms with Gasteiger partial charge in [-0.15, -0.1) is 0 Å². The molecule has 0 radical (unpaired) electrons. The molecule has 1 aliphatic rings. The maximum Gasteiger partial charge on any atom is 0.272 e. The summed E-state index contributed by atoms with van der Waals surface area (Å²) in [6.07, 6.45) is 1.99. The fourth-order valence-electron chi connectivity index (χ4n) is 3.77. The van der Waals surface area contributed by atoms with E-state index < -0.39 is 0 Å². The summed E-state index contributed by atoms with van der Waals surface area (Å²) in [5.74, 6) is 0.0465. The van der Waals surface area contributed by atoms with Crippen LogP contribution in [-0.2, 0) is 7.05 Å². The van der Waals surface area contributed by atoms with Gasteiger partial charge in [0, 0.05) is 39.4 Å². The average Bonchev–Trinajstić information content (AvgIpc) is 3.33. The van der Waals surface area contributed by atoms with E-state index in [2.05, 4.69) is 30.9 Å². The molecule has 1 aliphatic heterocycles. The maximum absolute atomic E-state index is 13.4. The second kappa shape index (κ2) is 7.64. The molecule has 0 unspecified atom stereocenters. The number of aryl methyl sites for hydroxylation is 2. The van der Waals surface area contributed by atoms with Crippen LogP contribution in [0.5, 0.6) is 0 Å².